The van der Waals surface area contributed by atoms with Gasteiger partial charge in [-0.1, -0.05) is 11.6 Å². The van der Waals surface area contributed by atoms with Crippen molar-refractivity contribution in [1.82, 2.24) is 20.5 Å². The summed E-state index contributed by atoms with van der Waals surface area (Å²) < 4.78 is 0. The minimum absolute atomic E-state index is 0.0172. The fourth-order valence-corrected chi connectivity index (χ4v) is 2.89. The number of pyridine rings is 1. The molecule has 8 nitrogen and oxygen atoms in total. The number of halogens is 1. The van der Waals surface area contributed by atoms with Crippen LogP contribution in [0.3, 0.4) is 0 Å². The molecule has 3 heterocycles. The Balaban J connectivity index is 1.60. The molecule has 0 spiro atoms. The Morgan fingerprint density at radius 1 is 1.50 bits per heavy atom. The largest absolute Gasteiger partial charge is 0.381 e. The van der Waals surface area contributed by atoms with Crippen LogP contribution in [-0.2, 0) is 0 Å². The van der Waals surface area contributed by atoms with Crippen molar-refractivity contribution >= 4 is 29.1 Å². The Morgan fingerprint density at radius 2 is 2.25 bits per heavy atom. The molecule has 124 valence electrons. The molecule has 2 aromatic heterocycles. The molecule has 0 bridgehead atoms. The number of nitriles is 1. The SMILES string of the molecule is N#Cc1cccnc1N1CCC(NC(=O)c2[nH]nc(N)c2Cl)CC1. The lowest BCUT2D eigenvalue weighted by atomic mass is 10.0. The third kappa shape index (κ3) is 3.12. The zero-order valence-corrected chi connectivity index (χ0v) is 13.5. The molecule has 9 heteroatoms. The van der Waals surface area contributed by atoms with Gasteiger partial charge in [0.05, 0.1) is 5.56 Å². The van der Waals surface area contributed by atoms with Gasteiger partial charge in [-0.15, -0.1) is 0 Å². The summed E-state index contributed by atoms with van der Waals surface area (Å²) in [4.78, 5) is 18.6. The zero-order valence-electron chi connectivity index (χ0n) is 12.8. The maximum absolute atomic E-state index is 12.2. The van der Waals surface area contributed by atoms with Crippen molar-refractivity contribution < 1.29 is 4.79 Å². The van der Waals surface area contributed by atoms with Gasteiger partial charge >= 0.3 is 0 Å². The van der Waals surface area contributed by atoms with Gasteiger partial charge in [0.15, 0.2) is 5.82 Å². The van der Waals surface area contributed by atoms with Crippen LogP contribution in [0.2, 0.25) is 5.02 Å². The van der Waals surface area contributed by atoms with E-state index in [9.17, 15) is 4.79 Å². The molecule has 0 radical (unpaired) electrons. The minimum atomic E-state index is -0.321. The van der Waals surface area contributed by atoms with E-state index >= 15 is 0 Å². The summed E-state index contributed by atoms with van der Waals surface area (Å²) in [5.41, 5.74) is 6.26. The van der Waals surface area contributed by atoms with E-state index in [4.69, 9.17) is 22.6 Å². The van der Waals surface area contributed by atoms with Crippen molar-refractivity contribution in [1.29, 1.82) is 5.26 Å². The number of nitrogens with zero attached hydrogens (tertiary/aromatic N) is 4. The zero-order chi connectivity index (χ0) is 17.1. The molecule has 1 aliphatic rings. The molecular formula is C15H16ClN7O. The predicted octanol–water partition coefficient (Wildman–Crippen LogP) is 1.31. The molecule has 1 fully saturated rings. The number of hydrogen-bond donors (Lipinski definition) is 3. The van der Waals surface area contributed by atoms with E-state index in [1.165, 1.54) is 0 Å². The molecule has 1 saturated heterocycles. The number of anilines is 2. The molecule has 0 aliphatic carbocycles. The van der Waals surface area contributed by atoms with E-state index in [-0.39, 0.29) is 28.5 Å². The second-order valence-corrected chi connectivity index (χ2v) is 5.90. The second-order valence-electron chi connectivity index (χ2n) is 5.52. The maximum atomic E-state index is 12.2. The van der Waals surface area contributed by atoms with Gasteiger partial charge in [-0.2, -0.15) is 10.4 Å². The first kappa shape index (κ1) is 16.1. The van der Waals surface area contributed by atoms with Crippen molar-refractivity contribution in [3.8, 4) is 6.07 Å². The lowest BCUT2D eigenvalue weighted by molar-refractivity contribution is 0.0926. The van der Waals surface area contributed by atoms with E-state index in [1.54, 1.807) is 18.3 Å². The van der Waals surface area contributed by atoms with Crippen LogP contribution in [0, 0.1) is 11.3 Å². The summed E-state index contributed by atoms with van der Waals surface area (Å²) in [6.07, 6.45) is 3.16. The molecule has 0 unspecified atom stereocenters. The summed E-state index contributed by atoms with van der Waals surface area (Å²) in [5, 5.41) is 18.5. The van der Waals surface area contributed by atoms with Crippen LogP contribution in [-0.4, -0.2) is 40.2 Å². The average Bonchev–Trinajstić information content (AvgIpc) is 2.95. The average molecular weight is 346 g/mol. The molecule has 3 rings (SSSR count). The Bertz CT molecular complexity index is 789. The Hall–Kier alpha value is -2.79. The van der Waals surface area contributed by atoms with E-state index in [0.29, 0.717) is 24.5 Å². The number of amides is 1. The number of nitrogens with two attached hydrogens (primary N) is 1. The number of piperidine rings is 1. The topological polar surface area (TPSA) is 124 Å². The van der Waals surface area contributed by atoms with Crippen LogP contribution >= 0.6 is 11.6 Å². The van der Waals surface area contributed by atoms with Crippen LogP contribution in [0.15, 0.2) is 18.3 Å². The summed E-state index contributed by atoms with van der Waals surface area (Å²) in [7, 11) is 0. The van der Waals surface area contributed by atoms with Gasteiger partial charge in [-0.3, -0.25) is 9.89 Å². The number of H-pyrrole nitrogens is 1. The van der Waals surface area contributed by atoms with Crippen molar-refractivity contribution in [2.24, 2.45) is 0 Å². The highest BCUT2D eigenvalue weighted by Gasteiger charge is 2.25. The van der Waals surface area contributed by atoms with E-state index < -0.39 is 0 Å². The number of carbonyl (C=O) groups excluding carboxylic acids is 1. The highest BCUT2D eigenvalue weighted by atomic mass is 35.5. The van der Waals surface area contributed by atoms with Crippen LogP contribution in [0.4, 0.5) is 11.6 Å². The molecule has 0 aromatic carbocycles. The van der Waals surface area contributed by atoms with Gasteiger partial charge in [-0.25, -0.2) is 4.98 Å². The van der Waals surface area contributed by atoms with Gasteiger partial charge in [0, 0.05) is 25.3 Å². The van der Waals surface area contributed by atoms with Gasteiger partial charge in [-0.05, 0) is 25.0 Å². The quantitative estimate of drug-likeness (QED) is 0.770. The van der Waals surface area contributed by atoms with Crippen LogP contribution in [0.1, 0.15) is 28.9 Å². The van der Waals surface area contributed by atoms with Crippen molar-refractivity contribution in [2.75, 3.05) is 23.7 Å². The number of aromatic amines is 1. The molecule has 4 N–H and O–H groups in total. The van der Waals surface area contributed by atoms with Crippen molar-refractivity contribution in [2.45, 2.75) is 18.9 Å². The maximum Gasteiger partial charge on any atom is 0.271 e. The Labute approximate surface area is 143 Å². The monoisotopic (exact) mass is 345 g/mol. The fourth-order valence-electron chi connectivity index (χ4n) is 2.72. The van der Waals surface area contributed by atoms with Crippen LogP contribution in [0.25, 0.3) is 0 Å². The summed E-state index contributed by atoms with van der Waals surface area (Å²) >= 11 is 5.93. The fraction of sp³-hybridized carbons (Fsp3) is 0.333. The van der Waals surface area contributed by atoms with Crippen LogP contribution < -0.4 is 16.0 Å². The number of hydrogen-bond acceptors (Lipinski definition) is 6. The standard InChI is InChI=1S/C15H16ClN7O/c16-11-12(21-22-13(11)18)15(24)20-10-3-6-23(7-4-10)14-9(8-17)2-1-5-19-14/h1-2,5,10H,3-4,6-7H2,(H,20,24)(H3,18,21,22). The Morgan fingerprint density at radius 3 is 2.88 bits per heavy atom. The van der Waals surface area contributed by atoms with Gasteiger partial charge in [0.25, 0.3) is 5.91 Å². The minimum Gasteiger partial charge on any atom is -0.381 e. The number of nitrogen functional groups attached to an aromatic ring is 1. The van der Waals surface area contributed by atoms with Crippen LogP contribution in [0.5, 0.6) is 0 Å². The van der Waals surface area contributed by atoms with Gasteiger partial charge < -0.3 is 16.0 Å². The normalized spacial score (nSPS) is 15.1. The lowest BCUT2D eigenvalue weighted by Crippen LogP contribution is -2.45. The molecule has 1 aliphatic heterocycles. The van der Waals surface area contributed by atoms with Gasteiger partial charge in [0.1, 0.15) is 22.6 Å². The first-order chi connectivity index (χ1) is 11.6. The Kier molecular flexibility index (Phi) is 4.53. The first-order valence-corrected chi connectivity index (χ1v) is 7.88. The molecule has 0 atom stereocenters. The highest BCUT2D eigenvalue weighted by Crippen LogP contribution is 2.23. The second kappa shape index (κ2) is 6.76. The predicted molar refractivity (Wildman–Crippen MR) is 89.7 cm³/mol. The number of carbonyl (C=O) groups is 1. The highest BCUT2D eigenvalue weighted by molar-refractivity contribution is 6.35. The third-order valence-corrected chi connectivity index (χ3v) is 4.38. The number of nitrogens with one attached hydrogen (secondary N) is 2. The van der Waals surface area contributed by atoms with E-state index in [1.807, 2.05) is 0 Å². The van der Waals surface area contributed by atoms with Crippen molar-refractivity contribution in [3.63, 3.8) is 0 Å². The van der Waals surface area contributed by atoms with E-state index in [2.05, 4.69) is 31.5 Å². The summed E-state index contributed by atoms with van der Waals surface area (Å²) in [5.74, 6) is 0.475. The first-order valence-electron chi connectivity index (χ1n) is 7.50. The number of aromatic nitrogens is 3. The molecular weight excluding hydrogens is 330 g/mol. The molecule has 2 aromatic rings. The van der Waals surface area contributed by atoms with Crippen molar-refractivity contribution in [3.05, 3.63) is 34.6 Å². The number of rotatable bonds is 3. The smallest absolute Gasteiger partial charge is 0.271 e. The molecule has 1 amide bonds. The van der Waals surface area contributed by atoms with Gasteiger partial charge in [0.2, 0.25) is 0 Å². The molecule has 24 heavy (non-hydrogen) atoms. The van der Waals surface area contributed by atoms with E-state index in [0.717, 1.165) is 12.8 Å². The summed E-state index contributed by atoms with van der Waals surface area (Å²) in [6.45, 7) is 1.41. The third-order valence-electron chi connectivity index (χ3n) is 4.00. The molecule has 0 saturated carbocycles. The summed E-state index contributed by atoms with van der Waals surface area (Å²) in [6, 6.07) is 5.67. The lowest BCUT2D eigenvalue weighted by Gasteiger charge is -2.33.